The molecule has 2 aromatic carbocycles. The van der Waals surface area contributed by atoms with Gasteiger partial charge in [-0.25, -0.2) is 4.39 Å². The van der Waals surface area contributed by atoms with Crippen LogP contribution < -0.4 is 4.90 Å². The number of Topliss-reactive ketones (excluding diaryl/α,β-unsaturated/α-hetero) is 1. The molecule has 7 heteroatoms. The minimum absolute atomic E-state index is 0.285. The van der Waals surface area contributed by atoms with Gasteiger partial charge in [0.05, 0.1) is 22.9 Å². The number of fused-ring (bicyclic) bond motifs is 5. The molecule has 0 aromatic heterocycles. The van der Waals surface area contributed by atoms with Gasteiger partial charge in [-0.1, -0.05) is 35.9 Å². The SMILES string of the molecule is CC(C)(C)N1C(=O)C2C(C1=O)C(C(=O)c1ccccc1Cl)N1c3ccc(F)cc3C=CC21. The van der Waals surface area contributed by atoms with Crippen molar-refractivity contribution in [1.82, 2.24) is 4.90 Å². The molecule has 0 radical (unpaired) electrons. The number of hydrogen-bond donors (Lipinski definition) is 0. The third kappa shape index (κ3) is 2.85. The van der Waals surface area contributed by atoms with Crippen LogP contribution in [0.4, 0.5) is 10.1 Å². The van der Waals surface area contributed by atoms with E-state index in [4.69, 9.17) is 11.6 Å². The van der Waals surface area contributed by atoms with E-state index >= 15 is 0 Å². The Bertz CT molecular complexity index is 1200. The highest BCUT2D eigenvalue weighted by Gasteiger charge is 2.65. The Balaban J connectivity index is 1.70. The molecule has 164 valence electrons. The lowest BCUT2D eigenvalue weighted by molar-refractivity contribution is -0.145. The molecule has 4 unspecified atom stereocenters. The van der Waals surface area contributed by atoms with Crippen molar-refractivity contribution in [2.24, 2.45) is 11.8 Å². The van der Waals surface area contributed by atoms with Gasteiger partial charge in [0.1, 0.15) is 11.9 Å². The van der Waals surface area contributed by atoms with Crippen LogP contribution in [-0.2, 0) is 9.59 Å². The molecular formula is C25H22ClFN2O3. The summed E-state index contributed by atoms with van der Waals surface area (Å²) >= 11 is 6.34. The zero-order valence-electron chi connectivity index (χ0n) is 17.9. The first-order chi connectivity index (χ1) is 15.1. The summed E-state index contributed by atoms with van der Waals surface area (Å²) in [6.07, 6.45) is 3.56. The monoisotopic (exact) mass is 452 g/mol. The molecule has 2 saturated heterocycles. The molecule has 2 fully saturated rings. The van der Waals surface area contributed by atoms with Crippen molar-refractivity contribution in [3.05, 3.63) is 70.5 Å². The van der Waals surface area contributed by atoms with E-state index in [1.807, 2.05) is 4.90 Å². The summed E-state index contributed by atoms with van der Waals surface area (Å²) in [7, 11) is 0. The second kappa shape index (κ2) is 7.01. The molecule has 0 spiro atoms. The fourth-order valence-corrected chi connectivity index (χ4v) is 5.55. The molecule has 5 rings (SSSR count). The van der Waals surface area contributed by atoms with Crippen LogP contribution in [0.2, 0.25) is 5.02 Å². The fraction of sp³-hybridized carbons (Fsp3) is 0.320. The van der Waals surface area contributed by atoms with Crippen LogP contribution in [0.1, 0.15) is 36.7 Å². The van der Waals surface area contributed by atoms with E-state index in [1.54, 1.807) is 63.3 Å². The van der Waals surface area contributed by atoms with Crippen LogP contribution in [0.3, 0.4) is 0 Å². The van der Waals surface area contributed by atoms with Crippen molar-refractivity contribution in [2.75, 3.05) is 4.90 Å². The van der Waals surface area contributed by atoms with Crippen LogP contribution in [0.15, 0.2) is 48.5 Å². The topological polar surface area (TPSA) is 57.7 Å². The maximum atomic E-state index is 13.9. The van der Waals surface area contributed by atoms with Crippen molar-refractivity contribution < 1.29 is 18.8 Å². The van der Waals surface area contributed by atoms with E-state index in [9.17, 15) is 18.8 Å². The lowest BCUT2D eigenvalue weighted by Gasteiger charge is -2.38. The molecule has 5 nitrogen and oxygen atoms in total. The summed E-state index contributed by atoms with van der Waals surface area (Å²) in [4.78, 5) is 44.0. The molecule has 0 N–H and O–H groups in total. The molecule has 3 aliphatic rings. The zero-order valence-corrected chi connectivity index (χ0v) is 18.6. The number of likely N-dealkylation sites (tertiary alicyclic amines) is 1. The highest BCUT2D eigenvalue weighted by Crippen LogP contribution is 2.50. The minimum Gasteiger partial charge on any atom is -0.352 e. The predicted molar refractivity (Wildman–Crippen MR) is 120 cm³/mol. The Morgan fingerprint density at radius 2 is 1.72 bits per heavy atom. The van der Waals surface area contributed by atoms with Gasteiger partial charge in [0.25, 0.3) is 0 Å². The number of rotatable bonds is 2. The third-order valence-electron chi connectivity index (χ3n) is 6.55. The molecular weight excluding hydrogens is 431 g/mol. The fourth-order valence-electron chi connectivity index (χ4n) is 5.33. The van der Waals surface area contributed by atoms with Crippen molar-refractivity contribution in [3.63, 3.8) is 0 Å². The highest BCUT2D eigenvalue weighted by molar-refractivity contribution is 6.34. The number of carbonyl (C=O) groups excluding carboxylic acids is 3. The summed E-state index contributed by atoms with van der Waals surface area (Å²) in [5, 5.41) is 0.286. The summed E-state index contributed by atoms with van der Waals surface area (Å²) in [6.45, 7) is 5.42. The van der Waals surface area contributed by atoms with Crippen molar-refractivity contribution in [1.29, 1.82) is 0 Å². The molecule has 32 heavy (non-hydrogen) atoms. The van der Waals surface area contributed by atoms with E-state index in [1.165, 1.54) is 17.0 Å². The van der Waals surface area contributed by atoms with Gasteiger partial charge in [-0.15, -0.1) is 0 Å². The first kappa shape index (κ1) is 20.9. The number of nitrogens with zero attached hydrogens (tertiary/aromatic N) is 2. The van der Waals surface area contributed by atoms with Crippen molar-refractivity contribution >= 4 is 41.0 Å². The Kier molecular flexibility index (Phi) is 4.57. The van der Waals surface area contributed by atoms with Crippen molar-refractivity contribution in [3.8, 4) is 0 Å². The summed E-state index contributed by atoms with van der Waals surface area (Å²) in [6, 6.07) is 9.59. The Morgan fingerprint density at radius 1 is 1.03 bits per heavy atom. The number of benzene rings is 2. The average Bonchev–Trinajstić information content (AvgIpc) is 3.20. The first-order valence-corrected chi connectivity index (χ1v) is 10.9. The van der Waals surface area contributed by atoms with Gasteiger partial charge in [-0.3, -0.25) is 19.3 Å². The quantitative estimate of drug-likeness (QED) is 0.502. The molecule has 0 aliphatic carbocycles. The van der Waals surface area contributed by atoms with Crippen LogP contribution >= 0.6 is 11.6 Å². The third-order valence-corrected chi connectivity index (χ3v) is 6.88. The molecule has 2 amide bonds. The molecule has 4 atom stereocenters. The predicted octanol–water partition coefficient (Wildman–Crippen LogP) is 4.35. The largest absolute Gasteiger partial charge is 0.352 e. The maximum Gasteiger partial charge on any atom is 0.236 e. The summed E-state index contributed by atoms with van der Waals surface area (Å²) < 4.78 is 13.9. The van der Waals surface area contributed by atoms with Gasteiger partial charge in [0, 0.05) is 22.4 Å². The van der Waals surface area contributed by atoms with Crippen molar-refractivity contribution in [2.45, 2.75) is 38.4 Å². The van der Waals surface area contributed by atoms with E-state index in [0.29, 0.717) is 16.8 Å². The lowest BCUT2D eigenvalue weighted by Crippen LogP contribution is -2.52. The normalized spacial score (nSPS) is 26.3. The van der Waals surface area contributed by atoms with Gasteiger partial charge in [-0.2, -0.15) is 0 Å². The molecule has 2 aromatic rings. The Hall–Kier alpha value is -2.99. The zero-order chi connectivity index (χ0) is 22.9. The number of hydrogen-bond acceptors (Lipinski definition) is 4. The number of anilines is 1. The minimum atomic E-state index is -0.928. The highest BCUT2D eigenvalue weighted by atomic mass is 35.5. The maximum absolute atomic E-state index is 13.9. The van der Waals surface area contributed by atoms with Crippen LogP contribution in [-0.4, -0.2) is 40.1 Å². The van der Waals surface area contributed by atoms with Gasteiger partial charge in [0.15, 0.2) is 5.78 Å². The molecule has 3 heterocycles. The van der Waals surface area contributed by atoms with E-state index < -0.39 is 35.3 Å². The smallest absolute Gasteiger partial charge is 0.236 e. The van der Waals surface area contributed by atoms with Crippen LogP contribution in [0.5, 0.6) is 0 Å². The van der Waals surface area contributed by atoms with Gasteiger partial charge >= 0.3 is 0 Å². The number of ketones is 1. The van der Waals surface area contributed by atoms with E-state index in [-0.39, 0.29) is 22.6 Å². The Morgan fingerprint density at radius 3 is 2.41 bits per heavy atom. The van der Waals surface area contributed by atoms with Gasteiger partial charge in [-0.05, 0) is 51.1 Å². The Labute approximate surface area is 190 Å². The number of carbonyl (C=O) groups is 3. The molecule has 3 aliphatic heterocycles. The van der Waals surface area contributed by atoms with Crippen LogP contribution in [0, 0.1) is 17.7 Å². The second-order valence-electron chi connectivity index (χ2n) is 9.48. The lowest BCUT2D eigenvalue weighted by atomic mass is 9.86. The van der Waals surface area contributed by atoms with Gasteiger partial charge in [0.2, 0.25) is 11.8 Å². The summed E-state index contributed by atoms with van der Waals surface area (Å²) in [5.74, 6) is -2.91. The molecule has 0 saturated carbocycles. The number of amides is 2. The standard InChI is InChI=1S/C25H22ClFN2O3/c1-25(2,3)29-23(31)19-18-10-8-13-12-14(27)9-11-17(13)28(18)21(20(19)24(29)32)22(30)15-6-4-5-7-16(15)26/h4-12,18-21H,1-3H3. The number of imide groups is 1. The number of halogens is 2. The summed E-state index contributed by atoms with van der Waals surface area (Å²) in [5.41, 5.74) is 0.819. The van der Waals surface area contributed by atoms with E-state index in [2.05, 4.69) is 0 Å². The van der Waals surface area contributed by atoms with E-state index in [0.717, 1.165) is 0 Å². The van der Waals surface area contributed by atoms with Gasteiger partial charge < -0.3 is 4.90 Å². The van der Waals surface area contributed by atoms with Crippen LogP contribution in [0.25, 0.3) is 6.08 Å². The second-order valence-corrected chi connectivity index (χ2v) is 9.89. The first-order valence-electron chi connectivity index (χ1n) is 10.5. The molecule has 0 bridgehead atoms. The average molecular weight is 453 g/mol.